The Morgan fingerprint density at radius 1 is 1.18 bits per heavy atom. The summed E-state index contributed by atoms with van der Waals surface area (Å²) in [5.41, 5.74) is 0.282. The van der Waals surface area contributed by atoms with Gasteiger partial charge in [-0.05, 0) is 30.3 Å². The normalized spacial score (nSPS) is 11.5. The number of nitrogens with zero attached hydrogens (tertiary/aromatic N) is 1. The van der Waals surface area contributed by atoms with E-state index in [1.165, 1.54) is 6.08 Å². The van der Waals surface area contributed by atoms with Crippen molar-refractivity contribution in [2.45, 2.75) is 0 Å². The Kier molecular flexibility index (Phi) is 3.14. The maximum Gasteiger partial charge on any atom is 0.134 e. The summed E-state index contributed by atoms with van der Waals surface area (Å²) >= 11 is 0. The molecule has 2 nitrogen and oxygen atoms in total. The lowest BCUT2D eigenvalue weighted by atomic mass is 10.1. The fourth-order valence-corrected chi connectivity index (χ4v) is 1.37. The summed E-state index contributed by atoms with van der Waals surface area (Å²) in [5.74, 6) is -1.65. The molecule has 0 saturated carbocycles. The summed E-state index contributed by atoms with van der Waals surface area (Å²) in [4.78, 5) is 3.94. The van der Waals surface area contributed by atoms with Crippen molar-refractivity contribution in [1.82, 2.24) is 4.98 Å². The van der Waals surface area contributed by atoms with Crippen molar-refractivity contribution in [1.29, 1.82) is 0 Å². The summed E-state index contributed by atoms with van der Waals surface area (Å²) in [5, 5.41) is 9.69. The van der Waals surface area contributed by atoms with Crippen LogP contribution in [-0.2, 0) is 0 Å². The first-order chi connectivity index (χ1) is 8.16. The predicted molar refractivity (Wildman–Crippen MR) is 61.1 cm³/mol. The number of hydrogen-bond acceptors (Lipinski definition) is 2. The van der Waals surface area contributed by atoms with Crippen LogP contribution in [0, 0.1) is 11.6 Å². The van der Waals surface area contributed by atoms with Crippen LogP contribution in [0.2, 0.25) is 0 Å². The molecule has 86 valence electrons. The molecule has 1 aromatic carbocycles. The lowest BCUT2D eigenvalue weighted by molar-refractivity contribution is 0.503. The Morgan fingerprint density at radius 2 is 2.00 bits per heavy atom. The number of rotatable bonds is 2. The topological polar surface area (TPSA) is 33.1 Å². The van der Waals surface area contributed by atoms with E-state index in [9.17, 15) is 13.9 Å². The summed E-state index contributed by atoms with van der Waals surface area (Å²) in [7, 11) is 0. The van der Waals surface area contributed by atoms with Crippen molar-refractivity contribution < 1.29 is 13.9 Å². The molecule has 0 aliphatic rings. The van der Waals surface area contributed by atoms with Gasteiger partial charge in [-0.3, -0.25) is 4.98 Å². The average molecular weight is 233 g/mol. The Bertz CT molecular complexity index is 553. The van der Waals surface area contributed by atoms with E-state index < -0.39 is 11.6 Å². The van der Waals surface area contributed by atoms with Crippen molar-refractivity contribution in [2.75, 3.05) is 0 Å². The second-order valence-corrected chi connectivity index (χ2v) is 3.41. The summed E-state index contributed by atoms with van der Waals surface area (Å²) in [6.07, 6.45) is 2.82. The summed E-state index contributed by atoms with van der Waals surface area (Å²) < 4.78 is 26.3. The second-order valence-electron chi connectivity index (χ2n) is 3.41. The number of halogens is 2. The number of aliphatic hydroxyl groups excluding tert-OH is 1. The first-order valence-electron chi connectivity index (χ1n) is 4.94. The maximum atomic E-state index is 13.3. The Morgan fingerprint density at radius 3 is 2.71 bits per heavy atom. The minimum absolute atomic E-state index is 0.185. The van der Waals surface area contributed by atoms with E-state index in [1.807, 2.05) is 0 Å². The average Bonchev–Trinajstić information content (AvgIpc) is 2.33. The van der Waals surface area contributed by atoms with Crippen molar-refractivity contribution >= 4 is 11.8 Å². The van der Waals surface area contributed by atoms with Gasteiger partial charge in [-0.15, -0.1) is 0 Å². The number of pyridine rings is 1. The van der Waals surface area contributed by atoms with E-state index in [-0.39, 0.29) is 11.3 Å². The summed E-state index contributed by atoms with van der Waals surface area (Å²) in [6, 6.07) is 7.99. The molecule has 2 aromatic rings. The number of hydrogen-bond donors (Lipinski definition) is 1. The molecule has 1 aromatic heterocycles. The third-order valence-electron chi connectivity index (χ3n) is 2.18. The van der Waals surface area contributed by atoms with Gasteiger partial charge >= 0.3 is 0 Å². The highest BCUT2D eigenvalue weighted by Gasteiger charge is 2.08. The van der Waals surface area contributed by atoms with Crippen LogP contribution in [0.15, 0.2) is 42.6 Å². The van der Waals surface area contributed by atoms with Gasteiger partial charge in [0.2, 0.25) is 0 Å². The monoisotopic (exact) mass is 233 g/mol. The molecule has 0 aliphatic carbocycles. The van der Waals surface area contributed by atoms with Crippen LogP contribution in [-0.4, -0.2) is 10.1 Å². The third-order valence-corrected chi connectivity index (χ3v) is 2.18. The zero-order valence-electron chi connectivity index (χ0n) is 8.77. The Hall–Kier alpha value is -2.23. The highest BCUT2D eigenvalue weighted by Crippen LogP contribution is 2.19. The maximum absolute atomic E-state index is 13.3. The highest BCUT2D eigenvalue weighted by molar-refractivity contribution is 5.75. The number of benzene rings is 1. The van der Waals surface area contributed by atoms with Gasteiger partial charge in [-0.2, -0.15) is 0 Å². The molecule has 0 bridgehead atoms. The molecule has 17 heavy (non-hydrogen) atoms. The van der Waals surface area contributed by atoms with E-state index >= 15 is 0 Å². The van der Waals surface area contributed by atoms with Gasteiger partial charge in [0.1, 0.15) is 17.4 Å². The number of aliphatic hydroxyl groups is 1. The van der Waals surface area contributed by atoms with Gasteiger partial charge < -0.3 is 5.11 Å². The van der Waals surface area contributed by atoms with E-state index in [4.69, 9.17) is 0 Å². The van der Waals surface area contributed by atoms with Crippen LogP contribution in [0.1, 0.15) is 11.3 Å². The van der Waals surface area contributed by atoms with Crippen molar-refractivity contribution in [3.05, 3.63) is 65.5 Å². The molecule has 2 rings (SSSR count). The van der Waals surface area contributed by atoms with Crippen LogP contribution in [0.25, 0.3) is 11.8 Å². The lowest BCUT2D eigenvalue weighted by Crippen LogP contribution is -1.91. The van der Waals surface area contributed by atoms with Crippen molar-refractivity contribution in [3.63, 3.8) is 0 Å². The molecule has 0 amide bonds. The second kappa shape index (κ2) is 4.74. The summed E-state index contributed by atoms with van der Waals surface area (Å²) in [6.45, 7) is 0. The SMILES string of the molecule is O/C(=C/c1ccccn1)c1cc(F)ccc1F. The van der Waals surface area contributed by atoms with Gasteiger partial charge in [0.05, 0.1) is 11.3 Å². The minimum atomic E-state index is -0.684. The molecule has 0 radical (unpaired) electrons. The Balaban J connectivity index is 2.40. The van der Waals surface area contributed by atoms with Crippen LogP contribution in [0.4, 0.5) is 8.78 Å². The zero-order chi connectivity index (χ0) is 12.3. The molecular formula is C13H9F2NO. The van der Waals surface area contributed by atoms with Crippen LogP contribution in [0.3, 0.4) is 0 Å². The highest BCUT2D eigenvalue weighted by atomic mass is 19.1. The van der Waals surface area contributed by atoms with Crippen LogP contribution < -0.4 is 0 Å². The van der Waals surface area contributed by atoms with Gasteiger partial charge in [-0.25, -0.2) is 8.78 Å². The van der Waals surface area contributed by atoms with Gasteiger partial charge in [0.15, 0.2) is 0 Å². The van der Waals surface area contributed by atoms with E-state index in [0.29, 0.717) is 5.69 Å². The molecule has 0 aliphatic heterocycles. The van der Waals surface area contributed by atoms with E-state index in [2.05, 4.69) is 4.98 Å². The molecule has 0 fully saturated rings. The van der Waals surface area contributed by atoms with Gasteiger partial charge in [0.25, 0.3) is 0 Å². The first-order valence-corrected chi connectivity index (χ1v) is 4.94. The first kappa shape index (κ1) is 11.3. The fourth-order valence-electron chi connectivity index (χ4n) is 1.37. The molecule has 1 heterocycles. The third kappa shape index (κ3) is 2.66. The van der Waals surface area contributed by atoms with Gasteiger partial charge in [-0.1, -0.05) is 6.07 Å². The molecule has 0 atom stereocenters. The van der Waals surface area contributed by atoms with Crippen molar-refractivity contribution in [2.24, 2.45) is 0 Å². The fraction of sp³-hybridized carbons (Fsp3) is 0. The zero-order valence-corrected chi connectivity index (χ0v) is 8.77. The molecule has 1 N–H and O–H groups in total. The quantitative estimate of drug-likeness (QED) is 0.806. The predicted octanol–water partition coefficient (Wildman–Crippen LogP) is 3.42. The molecule has 0 saturated heterocycles. The minimum Gasteiger partial charge on any atom is -0.507 e. The van der Waals surface area contributed by atoms with Crippen LogP contribution >= 0.6 is 0 Å². The molecule has 0 spiro atoms. The molecule has 0 unspecified atom stereocenters. The standard InChI is InChI=1S/C13H9F2NO/c14-9-4-5-12(15)11(7-9)13(17)8-10-3-1-2-6-16-10/h1-8,17H/b13-8+. The van der Waals surface area contributed by atoms with Gasteiger partial charge in [0, 0.05) is 12.3 Å². The largest absolute Gasteiger partial charge is 0.507 e. The lowest BCUT2D eigenvalue weighted by Gasteiger charge is -2.02. The number of aromatic nitrogens is 1. The van der Waals surface area contributed by atoms with Crippen LogP contribution in [0.5, 0.6) is 0 Å². The molecule has 4 heteroatoms. The van der Waals surface area contributed by atoms with Crippen molar-refractivity contribution in [3.8, 4) is 0 Å². The van der Waals surface area contributed by atoms with E-state index in [0.717, 1.165) is 18.2 Å². The van der Waals surface area contributed by atoms with E-state index in [1.54, 1.807) is 24.4 Å². The smallest absolute Gasteiger partial charge is 0.134 e. The Labute approximate surface area is 96.9 Å². The molecular weight excluding hydrogens is 224 g/mol.